The Balaban J connectivity index is 1.70. The number of ether oxygens (including phenoxy) is 1. The van der Waals surface area contributed by atoms with E-state index >= 15 is 0 Å². The molecule has 0 unspecified atom stereocenters. The number of carbonyl (C=O) groups excluding carboxylic acids is 1. The van der Waals surface area contributed by atoms with Gasteiger partial charge in [-0.15, -0.1) is 0 Å². The van der Waals surface area contributed by atoms with Crippen LogP contribution in [0.4, 0.5) is 11.4 Å². The summed E-state index contributed by atoms with van der Waals surface area (Å²) in [5.41, 5.74) is 4.02. The highest BCUT2D eigenvalue weighted by molar-refractivity contribution is 5.94. The summed E-state index contributed by atoms with van der Waals surface area (Å²) in [7, 11) is 0. The fourth-order valence-electron chi connectivity index (χ4n) is 2.90. The van der Waals surface area contributed by atoms with Gasteiger partial charge in [-0.25, -0.2) is 0 Å². The highest BCUT2D eigenvalue weighted by Gasteiger charge is 2.05. The van der Waals surface area contributed by atoms with Crippen molar-refractivity contribution in [2.24, 2.45) is 0 Å². The van der Waals surface area contributed by atoms with E-state index in [-0.39, 0.29) is 12.5 Å². The monoisotopic (exact) mass is 368 g/mol. The minimum Gasteiger partial charge on any atom is -0.494 e. The highest BCUT2D eigenvalue weighted by atomic mass is 16.5. The third-order valence-electron chi connectivity index (χ3n) is 4.48. The lowest BCUT2D eigenvalue weighted by Gasteiger charge is -2.11. The Morgan fingerprint density at radius 2 is 1.70 bits per heavy atom. The summed E-state index contributed by atoms with van der Waals surface area (Å²) in [6.45, 7) is 7.25. The lowest BCUT2D eigenvalue weighted by Crippen LogP contribution is -2.22. The van der Waals surface area contributed by atoms with E-state index in [2.05, 4.69) is 23.6 Å². The van der Waals surface area contributed by atoms with Crippen molar-refractivity contribution in [3.63, 3.8) is 0 Å². The topological polar surface area (TPSA) is 50.4 Å². The molecular formula is C23H32N2O2. The van der Waals surface area contributed by atoms with Crippen LogP contribution in [-0.2, 0) is 4.79 Å². The molecule has 0 aromatic heterocycles. The van der Waals surface area contributed by atoms with Gasteiger partial charge in [0.25, 0.3) is 0 Å². The molecule has 4 nitrogen and oxygen atoms in total. The molecule has 4 heteroatoms. The minimum atomic E-state index is -0.0608. The summed E-state index contributed by atoms with van der Waals surface area (Å²) in [5, 5.41) is 6.09. The molecule has 0 spiro atoms. The SMILES string of the molecule is CCCCCCCOc1ccc(NCC(=O)Nc2ccc(C)cc2C)cc1. The molecule has 2 aromatic carbocycles. The maximum Gasteiger partial charge on any atom is 0.243 e. The predicted octanol–water partition coefficient (Wildman–Crippen LogP) is 5.70. The van der Waals surface area contributed by atoms with Gasteiger partial charge in [0.1, 0.15) is 5.75 Å². The first-order chi connectivity index (χ1) is 13.1. The molecule has 27 heavy (non-hydrogen) atoms. The van der Waals surface area contributed by atoms with E-state index in [1.165, 1.54) is 31.2 Å². The summed E-state index contributed by atoms with van der Waals surface area (Å²) >= 11 is 0. The molecule has 146 valence electrons. The number of aryl methyl sites for hydroxylation is 2. The van der Waals surface area contributed by atoms with Gasteiger partial charge in [0.15, 0.2) is 0 Å². The van der Waals surface area contributed by atoms with Crippen LogP contribution in [-0.4, -0.2) is 19.1 Å². The summed E-state index contributed by atoms with van der Waals surface area (Å²) in [6.07, 6.45) is 6.17. The summed E-state index contributed by atoms with van der Waals surface area (Å²) in [4.78, 5) is 12.1. The second-order valence-corrected chi connectivity index (χ2v) is 7.01. The zero-order valence-corrected chi connectivity index (χ0v) is 16.8. The lowest BCUT2D eigenvalue weighted by atomic mass is 10.1. The molecule has 0 aliphatic carbocycles. The second-order valence-electron chi connectivity index (χ2n) is 7.01. The highest BCUT2D eigenvalue weighted by Crippen LogP contribution is 2.17. The number of rotatable bonds is 11. The molecule has 0 aliphatic rings. The average molecular weight is 369 g/mol. The third-order valence-corrected chi connectivity index (χ3v) is 4.48. The van der Waals surface area contributed by atoms with Crippen molar-refractivity contribution in [1.29, 1.82) is 0 Å². The number of anilines is 2. The first-order valence-corrected chi connectivity index (χ1v) is 9.92. The number of nitrogens with one attached hydrogen (secondary N) is 2. The van der Waals surface area contributed by atoms with Crippen molar-refractivity contribution in [2.45, 2.75) is 52.9 Å². The Labute approximate surface area is 163 Å². The Morgan fingerprint density at radius 1 is 0.963 bits per heavy atom. The molecule has 0 atom stereocenters. The molecule has 2 aromatic rings. The minimum absolute atomic E-state index is 0.0608. The van der Waals surface area contributed by atoms with Crippen molar-refractivity contribution in [1.82, 2.24) is 0 Å². The van der Waals surface area contributed by atoms with E-state index in [0.717, 1.165) is 35.7 Å². The molecule has 0 bridgehead atoms. The van der Waals surface area contributed by atoms with E-state index in [0.29, 0.717) is 0 Å². The van der Waals surface area contributed by atoms with Crippen molar-refractivity contribution in [2.75, 3.05) is 23.8 Å². The average Bonchev–Trinajstić information content (AvgIpc) is 2.66. The van der Waals surface area contributed by atoms with E-state index in [1.54, 1.807) is 0 Å². The Bertz CT molecular complexity index is 711. The zero-order chi connectivity index (χ0) is 19.5. The molecule has 0 aliphatic heterocycles. The Kier molecular flexibility index (Phi) is 8.69. The van der Waals surface area contributed by atoms with Crippen LogP contribution in [0.2, 0.25) is 0 Å². The third kappa shape index (κ3) is 7.73. The lowest BCUT2D eigenvalue weighted by molar-refractivity contribution is -0.114. The van der Waals surface area contributed by atoms with Crippen LogP contribution >= 0.6 is 0 Å². The normalized spacial score (nSPS) is 10.5. The molecule has 0 radical (unpaired) electrons. The quantitative estimate of drug-likeness (QED) is 0.500. The van der Waals surface area contributed by atoms with Crippen LogP contribution in [0, 0.1) is 13.8 Å². The Hall–Kier alpha value is -2.49. The molecule has 0 saturated heterocycles. The van der Waals surface area contributed by atoms with Gasteiger partial charge in [-0.3, -0.25) is 4.79 Å². The number of hydrogen-bond acceptors (Lipinski definition) is 3. The summed E-state index contributed by atoms with van der Waals surface area (Å²) < 4.78 is 5.76. The van der Waals surface area contributed by atoms with Crippen molar-refractivity contribution >= 4 is 17.3 Å². The number of benzene rings is 2. The molecule has 0 fully saturated rings. The molecule has 2 N–H and O–H groups in total. The zero-order valence-electron chi connectivity index (χ0n) is 16.8. The number of unbranched alkanes of at least 4 members (excludes halogenated alkanes) is 4. The van der Waals surface area contributed by atoms with Gasteiger partial charge < -0.3 is 15.4 Å². The number of amides is 1. The second kappa shape index (κ2) is 11.3. The van der Waals surface area contributed by atoms with Crippen LogP contribution in [0.1, 0.15) is 50.2 Å². The van der Waals surface area contributed by atoms with Crippen LogP contribution < -0.4 is 15.4 Å². The fraction of sp³-hybridized carbons (Fsp3) is 0.435. The Morgan fingerprint density at radius 3 is 2.41 bits per heavy atom. The first kappa shape index (κ1) is 20.8. The van der Waals surface area contributed by atoms with Gasteiger partial charge in [0, 0.05) is 11.4 Å². The van der Waals surface area contributed by atoms with Gasteiger partial charge in [0.2, 0.25) is 5.91 Å². The van der Waals surface area contributed by atoms with E-state index in [4.69, 9.17) is 4.74 Å². The first-order valence-electron chi connectivity index (χ1n) is 9.92. The fourth-order valence-corrected chi connectivity index (χ4v) is 2.90. The summed E-state index contributed by atoms with van der Waals surface area (Å²) in [6, 6.07) is 13.8. The standard InChI is InChI=1S/C23H32N2O2/c1-4-5-6-7-8-15-27-21-12-10-20(11-13-21)24-17-23(26)25-22-14-9-18(2)16-19(22)3/h9-14,16,24H,4-8,15,17H2,1-3H3,(H,25,26). The van der Waals surface area contributed by atoms with Crippen molar-refractivity contribution in [3.05, 3.63) is 53.6 Å². The van der Waals surface area contributed by atoms with Gasteiger partial charge in [-0.05, 0) is 56.2 Å². The van der Waals surface area contributed by atoms with Crippen molar-refractivity contribution in [3.8, 4) is 5.75 Å². The van der Waals surface area contributed by atoms with Gasteiger partial charge in [0.05, 0.1) is 13.2 Å². The van der Waals surface area contributed by atoms with E-state index in [1.807, 2.05) is 50.2 Å². The smallest absolute Gasteiger partial charge is 0.243 e. The predicted molar refractivity (Wildman–Crippen MR) is 114 cm³/mol. The summed E-state index contributed by atoms with van der Waals surface area (Å²) in [5.74, 6) is 0.810. The van der Waals surface area contributed by atoms with Crippen LogP contribution in [0.5, 0.6) is 5.75 Å². The molecule has 1 amide bonds. The molecule has 0 saturated carbocycles. The van der Waals surface area contributed by atoms with Crippen LogP contribution in [0.25, 0.3) is 0 Å². The van der Waals surface area contributed by atoms with Gasteiger partial charge in [-0.2, -0.15) is 0 Å². The number of carbonyl (C=O) groups is 1. The van der Waals surface area contributed by atoms with E-state index < -0.39 is 0 Å². The van der Waals surface area contributed by atoms with Gasteiger partial charge in [-0.1, -0.05) is 50.3 Å². The van der Waals surface area contributed by atoms with Gasteiger partial charge >= 0.3 is 0 Å². The van der Waals surface area contributed by atoms with Crippen LogP contribution in [0.15, 0.2) is 42.5 Å². The van der Waals surface area contributed by atoms with Crippen LogP contribution in [0.3, 0.4) is 0 Å². The number of hydrogen-bond donors (Lipinski definition) is 2. The van der Waals surface area contributed by atoms with E-state index in [9.17, 15) is 4.79 Å². The maximum absolute atomic E-state index is 12.1. The largest absolute Gasteiger partial charge is 0.494 e. The molecular weight excluding hydrogens is 336 g/mol. The van der Waals surface area contributed by atoms with Crippen molar-refractivity contribution < 1.29 is 9.53 Å². The molecule has 0 heterocycles. The molecule has 2 rings (SSSR count). The maximum atomic E-state index is 12.1.